The lowest BCUT2D eigenvalue weighted by Gasteiger charge is -2.18. The van der Waals surface area contributed by atoms with Crippen molar-refractivity contribution in [3.63, 3.8) is 0 Å². The molecule has 1 N–H and O–H groups in total. The van der Waals surface area contributed by atoms with Gasteiger partial charge in [0.1, 0.15) is 0 Å². The Morgan fingerprint density at radius 2 is 2.19 bits per heavy atom. The number of benzene rings is 1. The molecule has 0 atom stereocenters. The number of carbonyl (C=O) groups excluding carboxylic acids is 1. The zero-order valence-corrected chi connectivity index (χ0v) is 13.3. The van der Waals surface area contributed by atoms with Gasteiger partial charge in [-0.2, -0.15) is 0 Å². The summed E-state index contributed by atoms with van der Waals surface area (Å²) in [5, 5.41) is 2.62. The average Bonchev–Trinajstić information content (AvgIpc) is 2.47. The highest BCUT2D eigenvalue weighted by Gasteiger charge is 2.19. The van der Waals surface area contributed by atoms with E-state index in [-0.39, 0.29) is 17.3 Å². The van der Waals surface area contributed by atoms with Crippen LogP contribution in [0.1, 0.15) is 15.9 Å². The zero-order valence-electron chi connectivity index (χ0n) is 11.7. The number of halogens is 2. The third-order valence-electron chi connectivity index (χ3n) is 3.01. The van der Waals surface area contributed by atoms with E-state index in [1.54, 1.807) is 14.1 Å². The van der Waals surface area contributed by atoms with E-state index < -0.39 is 5.82 Å². The summed E-state index contributed by atoms with van der Waals surface area (Å²) in [6, 6.07) is 9.02. The van der Waals surface area contributed by atoms with Crippen LogP contribution in [0.25, 0.3) is 0 Å². The Morgan fingerprint density at radius 3 is 2.86 bits per heavy atom. The number of amides is 1. The molecular formula is C15H15BrFN3O. The number of aromatic nitrogens is 1. The Labute approximate surface area is 131 Å². The molecule has 0 aliphatic heterocycles. The molecular weight excluding hydrogens is 337 g/mol. The zero-order chi connectivity index (χ0) is 15.4. The van der Waals surface area contributed by atoms with E-state index in [0.29, 0.717) is 6.54 Å². The standard InChI is InChI=1S/C15H15BrFN3O/c1-18-14-13(17)12(6-7-19-14)15(21)20(2)9-10-4-3-5-11(16)8-10/h3-8H,9H2,1-2H3,(H,18,19). The third-order valence-corrected chi connectivity index (χ3v) is 3.51. The molecule has 2 rings (SSSR count). The number of rotatable bonds is 4. The van der Waals surface area contributed by atoms with Crippen LogP contribution in [0.5, 0.6) is 0 Å². The first-order valence-electron chi connectivity index (χ1n) is 6.35. The van der Waals surface area contributed by atoms with Crippen LogP contribution in [0.15, 0.2) is 41.0 Å². The summed E-state index contributed by atoms with van der Waals surface area (Å²) in [7, 11) is 3.20. The number of hydrogen-bond acceptors (Lipinski definition) is 3. The van der Waals surface area contributed by atoms with Gasteiger partial charge in [-0.15, -0.1) is 0 Å². The molecule has 0 bridgehead atoms. The largest absolute Gasteiger partial charge is 0.371 e. The Hall–Kier alpha value is -1.95. The molecule has 0 fully saturated rings. The summed E-state index contributed by atoms with van der Waals surface area (Å²) in [4.78, 5) is 17.6. The maximum absolute atomic E-state index is 14.1. The second-order valence-electron chi connectivity index (χ2n) is 4.56. The first-order valence-corrected chi connectivity index (χ1v) is 7.14. The van der Waals surface area contributed by atoms with Crippen molar-refractivity contribution in [1.29, 1.82) is 0 Å². The van der Waals surface area contributed by atoms with Crippen LogP contribution < -0.4 is 5.32 Å². The number of anilines is 1. The predicted octanol–water partition coefficient (Wildman–Crippen LogP) is 3.30. The minimum absolute atomic E-state index is 0.00634. The van der Waals surface area contributed by atoms with Crippen LogP contribution >= 0.6 is 15.9 Å². The van der Waals surface area contributed by atoms with Crippen LogP contribution in [0.4, 0.5) is 10.2 Å². The quantitative estimate of drug-likeness (QED) is 0.919. The summed E-state index contributed by atoms with van der Waals surface area (Å²) in [5.41, 5.74) is 0.968. The third kappa shape index (κ3) is 3.58. The highest BCUT2D eigenvalue weighted by atomic mass is 79.9. The van der Waals surface area contributed by atoms with Gasteiger partial charge in [-0.3, -0.25) is 4.79 Å². The Bertz CT molecular complexity index is 663. The van der Waals surface area contributed by atoms with Crippen molar-refractivity contribution in [2.45, 2.75) is 6.54 Å². The molecule has 0 saturated heterocycles. The van der Waals surface area contributed by atoms with Crippen molar-refractivity contribution in [3.8, 4) is 0 Å². The smallest absolute Gasteiger partial charge is 0.257 e. The Morgan fingerprint density at radius 1 is 1.43 bits per heavy atom. The van der Waals surface area contributed by atoms with Crippen molar-refractivity contribution in [1.82, 2.24) is 9.88 Å². The van der Waals surface area contributed by atoms with Crippen molar-refractivity contribution >= 4 is 27.7 Å². The van der Waals surface area contributed by atoms with E-state index >= 15 is 0 Å². The molecule has 0 spiro atoms. The van der Waals surface area contributed by atoms with E-state index in [0.717, 1.165) is 10.0 Å². The molecule has 1 amide bonds. The van der Waals surface area contributed by atoms with E-state index in [1.807, 2.05) is 24.3 Å². The van der Waals surface area contributed by atoms with Gasteiger partial charge in [-0.1, -0.05) is 28.1 Å². The molecule has 0 aliphatic carbocycles. The summed E-state index contributed by atoms with van der Waals surface area (Å²) in [6.45, 7) is 0.398. The normalized spacial score (nSPS) is 10.3. The fraction of sp³-hybridized carbons (Fsp3) is 0.200. The molecule has 0 unspecified atom stereocenters. The van der Waals surface area contributed by atoms with Crippen LogP contribution in [-0.2, 0) is 6.54 Å². The van der Waals surface area contributed by atoms with E-state index in [2.05, 4.69) is 26.2 Å². The van der Waals surface area contributed by atoms with E-state index in [9.17, 15) is 9.18 Å². The molecule has 21 heavy (non-hydrogen) atoms. The number of nitrogens with zero attached hydrogens (tertiary/aromatic N) is 2. The Balaban J connectivity index is 2.20. The monoisotopic (exact) mass is 351 g/mol. The lowest BCUT2D eigenvalue weighted by Crippen LogP contribution is -2.27. The van der Waals surface area contributed by atoms with Crippen molar-refractivity contribution < 1.29 is 9.18 Å². The van der Waals surface area contributed by atoms with Gasteiger partial charge in [-0.05, 0) is 23.8 Å². The molecule has 4 nitrogen and oxygen atoms in total. The van der Waals surface area contributed by atoms with Gasteiger partial charge >= 0.3 is 0 Å². The first kappa shape index (κ1) is 15.4. The highest BCUT2D eigenvalue weighted by Crippen LogP contribution is 2.18. The average molecular weight is 352 g/mol. The number of pyridine rings is 1. The van der Waals surface area contributed by atoms with Gasteiger partial charge in [-0.25, -0.2) is 9.37 Å². The predicted molar refractivity (Wildman–Crippen MR) is 83.7 cm³/mol. The van der Waals surface area contributed by atoms with Gasteiger partial charge in [0.15, 0.2) is 11.6 Å². The van der Waals surface area contributed by atoms with Gasteiger partial charge in [0.05, 0.1) is 5.56 Å². The van der Waals surface area contributed by atoms with E-state index in [1.165, 1.54) is 17.2 Å². The molecule has 1 aromatic heterocycles. The van der Waals surface area contributed by atoms with Gasteiger partial charge in [0.2, 0.25) is 0 Å². The first-order chi connectivity index (χ1) is 10.0. The second kappa shape index (κ2) is 6.67. The molecule has 1 heterocycles. The molecule has 6 heteroatoms. The minimum Gasteiger partial charge on any atom is -0.371 e. The van der Waals surface area contributed by atoms with Crippen LogP contribution in [0.2, 0.25) is 0 Å². The summed E-state index contributed by atoms with van der Waals surface area (Å²) in [5.74, 6) is -0.950. The Kier molecular flexibility index (Phi) is 4.90. The van der Waals surface area contributed by atoms with Crippen molar-refractivity contribution in [3.05, 3.63) is 57.9 Å². The molecule has 110 valence electrons. The molecule has 2 aromatic rings. The minimum atomic E-state index is -0.633. The summed E-state index contributed by atoms with van der Waals surface area (Å²) < 4.78 is 15.0. The van der Waals surface area contributed by atoms with Crippen LogP contribution in [-0.4, -0.2) is 29.9 Å². The fourth-order valence-electron chi connectivity index (χ4n) is 1.97. The van der Waals surface area contributed by atoms with Gasteiger partial charge < -0.3 is 10.2 Å². The molecule has 0 saturated carbocycles. The summed E-state index contributed by atoms with van der Waals surface area (Å²) >= 11 is 3.38. The fourth-order valence-corrected chi connectivity index (χ4v) is 2.42. The maximum Gasteiger partial charge on any atom is 0.257 e. The lowest BCUT2D eigenvalue weighted by molar-refractivity contribution is 0.0780. The van der Waals surface area contributed by atoms with Crippen LogP contribution in [0, 0.1) is 5.82 Å². The number of nitrogens with one attached hydrogen (secondary N) is 1. The van der Waals surface area contributed by atoms with Crippen molar-refractivity contribution in [2.24, 2.45) is 0 Å². The number of carbonyl (C=O) groups is 1. The van der Waals surface area contributed by atoms with E-state index in [4.69, 9.17) is 0 Å². The van der Waals surface area contributed by atoms with Crippen molar-refractivity contribution in [2.75, 3.05) is 19.4 Å². The number of hydrogen-bond donors (Lipinski definition) is 1. The van der Waals surface area contributed by atoms with Gasteiger partial charge in [0, 0.05) is 31.3 Å². The van der Waals surface area contributed by atoms with Crippen LogP contribution in [0.3, 0.4) is 0 Å². The lowest BCUT2D eigenvalue weighted by atomic mass is 10.2. The topological polar surface area (TPSA) is 45.2 Å². The molecule has 0 aliphatic rings. The SMILES string of the molecule is CNc1nccc(C(=O)N(C)Cc2cccc(Br)c2)c1F. The highest BCUT2D eigenvalue weighted by molar-refractivity contribution is 9.10. The molecule has 1 aromatic carbocycles. The maximum atomic E-state index is 14.1. The summed E-state index contributed by atoms with van der Waals surface area (Å²) in [6.07, 6.45) is 1.41. The second-order valence-corrected chi connectivity index (χ2v) is 5.48. The molecule has 0 radical (unpaired) electrons. The van der Waals surface area contributed by atoms with Gasteiger partial charge in [0.25, 0.3) is 5.91 Å².